The SMILES string of the molecule is Cc1cc(Br)c(C(=O)C2CCCC2)cc1Br. The first-order valence-corrected chi connectivity index (χ1v) is 7.18. The highest BCUT2D eigenvalue weighted by Gasteiger charge is 2.25. The Kier molecular flexibility index (Phi) is 3.85. The maximum Gasteiger partial charge on any atom is 0.167 e. The van der Waals surface area contributed by atoms with Gasteiger partial charge < -0.3 is 0 Å². The minimum absolute atomic E-state index is 0.242. The number of hydrogen-bond donors (Lipinski definition) is 0. The number of halogens is 2. The van der Waals surface area contributed by atoms with Gasteiger partial charge in [-0.3, -0.25) is 4.79 Å². The number of carbonyl (C=O) groups is 1. The van der Waals surface area contributed by atoms with E-state index in [-0.39, 0.29) is 5.92 Å². The smallest absolute Gasteiger partial charge is 0.167 e. The molecule has 0 atom stereocenters. The predicted molar refractivity (Wildman–Crippen MR) is 72.9 cm³/mol. The molecule has 0 N–H and O–H groups in total. The Hall–Kier alpha value is -0.150. The van der Waals surface area contributed by atoms with E-state index >= 15 is 0 Å². The number of rotatable bonds is 2. The van der Waals surface area contributed by atoms with Crippen LogP contribution in [0.4, 0.5) is 0 Å². The van der Waals surface area contributed by atoms with E-state index in [1.54, 1.807) is 0 Å². The molecule has 16 heavy (non-hydrogen) atoms. The fraction of sp³-hybridized carbons (Fsp3) is 0.462. The van der Waals surface area contributed by atoms with Gasteiger partial charge in [-0.1, -0.05) is 44.7 Å². The third-order valence-corrected chi connectivity index (χ3v) is 4.75. The molecule has 2 rings (SSSR count). The lowest BCUT2D eigenvalue weighted by atomic mass is 9.96. The molecule has 0 amide bonds. The molecule has 0 bridgehead atoms. The van der Waals surface area contributed by atoms with Crippen molar-refractivity contribution in [1.29, 1.82) is 0 Å². The number of benzene rings is 1. The molecule has 1 aliphatic carbocycles. The first-order chi connectivity index (χ1) is 7.59. The molecule has 0 aromatic heterocycles. The van der Waals surface area contributed by atoms with Gasteiger partial charge in [0.1, 0.15) is 0 Å². The molecule has 86 valence electrons. The topological polar surface area (TPSA) is 17.1 Å². The maximum absolute atomic E-state index is 12.3. The summed E-state index contributed by atoms with van der Waals surface area (Å²) >= 11 is 6.97. The van der Waals surface area contributed by atoms with Crippen LogP contribution in [0.2, 0.25) is 0 Å². The van der Waals surface area contributed by atoms with Crippen molar-refractivity contribution in [3.63, 3.8) is 0 Å². The summed E-state index contributed by atoms with van der Waals surface area (Å²) in [5.41, 5.74) is 1.97. The molecule has 0 aliphatic heterocycles. The van der Waals surface area contributed by atoms with Gasteiger partial charge in [0.05, 0.1) is 0 Å². The molecule has 1 aromatic rings. The third kappa shape index (κ3) is 2.40. The average molecular weight is 346 g/mol. The van der Waals surface area contributed by atoms with Crippen molar-refractivity contribution in [3.8, 4) is 0 Å². The van der Waals surface area contributed by atoms with Gasteiger partial charge in [-0.25, -0.2) is 0 Å². The fourth-order valence-electron chi connectivity index (χ4n) is 2.24. The second-order valence-corrected chi connectivity index (χ2v) is 6.14. The molecule has 1 aromatic carbocycles. The molecule has 0 saturated heterocycles. The third-order valence-electron chi connectivity index (χ3n) is 3.24. The minimum atomic E-state index is 0.242. The zero-order valence-electron chi connectivity index (χ0n) is 9.22. The quantitative estimate of drug-likeness (QED) is 0.697. The summed E-state index contributed by atoms with van der Waals surface area (Å²) in [6.45, 7) is 2.03. The Morgan fingerprint density at radius 3 is 2.44 bits per heavy atom. The van der Waals surface area contributed by atoms with Crippen LogP contribution in [0, 0.1) is 12.8 Å². The molecule has 0 spiro atoms. The Morgan fingerprint density at radius 1 is 1.19 bits per heavy atom. The zero-order chi connectivity index (χ0) is 11.7. The molecule has 0 unspecified atom stereocenters. The number of hydrogen-bond acceptors (Lipinski definition) is 1. The first kappa shape index (κ1) is 12.3. The summed E-state index contributed by atoms with van der Waals surface area (Å²) in [7, 11) is 0. The van der Waals surface area contributed by atoms with Crippen molar-refractivity contribution in [3.05, 3.63) is 32.2 Å². The van der Waals surface area contributed by atoms with Crippen LogP contribution in [0.5, 0.6) is 0 Å². The molecule has 0 radical (unpaired) electrons. The predicted octanol–water partition coefficient (Wildman–Crippen LogP) is 4.89. The second kappa shape index (κ2) is 5.01. The first-order valence-electron chi connectivity index (χ1n) is 5.59. The van der Waals surface area contributed by atoms with E-state index in [0.717, 1.165) is 32.9 Å². The molecular weight excluding hydrogens is 332 g/mol. The van der Waals surface area contributed by atoms with Crippen LogP contribution in [-0.2, 0) is 0 Å². The summed E-state index contributed by atoms with van der Waals surface area (Å²) < 4.78 is 1.93. The van der Waals surface area contributed by atoms with Crippen molar-refractivity contribution >= 4 is 37.6 Å². The van der Waals surface area contributed by atoms with Crippen molar-refractivity contribution < 1.29 is 4.79 Å². The molecule has 1 nitrogen and oxygen atoms in total. The molecule has 1 fully saturated rings. The van der Waals surface area contributed by atoms with Crippen molar-refractivity contribution in [2.24, 2.45) is 5.92 Å². The van der Waals surface area contributed by atoms with Crippen LogP contribution in [0.15, 0.2) is 21.1 Å². The summed E-state index contributed by atoms with van der Waals surface area (Å²) in [4.78, 5) is 12.3. The summed E-state index contributed by atoms with van der Waals surface area (Å²) in [6.07, 6.45) is 4.50. The van der Waals surface area contributed by atoms with E-state index in [0.29, 0.717) is 5.78 Å². The van der Waals surface area contributed by atoms with E-state index in [1.165, 1.54) is 12.8 Å². The molecule has 1 aliphatic rings. The lowest BCUT2D eigenvalue weighted by Crippen LogP contribution is -2.11. The van der Waals surface area contributed by atoms with Gasteiger partial charge in [-0.05, 0) is 37.5 Å². The lowest BCUT2D eigenvalue weighted by Gasteiger charge is -2.11. The Morgan fingerprint density at radius 2 is 1.81 bits per heavy atom. The average Bonchev–Trinajstić information content (AvgIpc) is 2.75. The highest BCUT2D eigenvalue weighted by molar-refractivity contribution is 9.11. The van der Waals surface area contributed by atoms with E-state index < -0.39 is 0 Å². The standard InChI is InChI=1S/C13H14Br2O/c1-8-6-12(15)10(7-11(8)14)13(16)9-4-2-3-5-9/h6-7,9H,2-5H2,1H3. The van der Waals surface area contributed by atoms with E-state index in [4.69, 9.17) is 0 Å². The van der Waals surface area contributed by atoms with Crippen LogP contribution >= 0.6 is 31.9 Å². The number of Topliss-reactive ketones (excluding diaryl/α,β-unsaturated/α-hetero) is 1. The van der Waals surface area contributed by atoms with Crippen molar-refractivity contribution in [1.82, 2.24) is 0 Å². The number of ketones is 1. The van der Waals surface area contributed by atoms with Gasteiger partial charge in [0.25, 0.3) is 0 Å². The van der Waals surface area contributed by atoms with Gasteiger partial charge in [0.15, 0.2) is 5.78 Å². The number of aryl methyl sites for hydroxylation is 1. The summed E-state index contributed by atoms with van der Waals surface area (Å²) in [5.74, 6) is 0.538. The zero-order valence-corrected chi connectivity index (χ0v) is 12.4. The molecular formula is C13H14Br2O. The van der Waals surface area contributed by atoms with Crippen molar-refractivity contribution in [2.75, 3.05) is 0 Å². The van der Waals surface area contributed by atoms with Crippen LogP contribution in [0.3, 0.4) is 0 Å². The summed E-state index contributed by atoms with van der Waals surface area (Å²) in [6, 6.07) is 3.95. The molecule has 0 heterocycles. The van der Waals surface area contributed by atoms with Gasteiger partial charge in [0, 0.05) is 20.4 Å². The highest BCUT2D eigenvalue weighted by atomic mass is 79.9. The van der Waals surface area contributed by atoms with Gasteiger partial charge in [-0.2, -0.15) is 0 Å². The van der Waals surface area contributed by atoms with Crippen LogP contribution in [0.25, 0.3) is 0 Å². The second-order valence-electron chi connectivity index (χ2n) is 4.43. The molecule has 3 heteroatoms. The Bertz CT molecular complexity index is 420. The van der Waals surface area contributed by atoms with Gasteiger partial charge in [-0.15, -0.1) is 0 Å². The normalized spacial score (nSPS) is 16.7. The van der Waals surface area contributed by atoms with Crippen LogP contribution in [-0.4, -0.2) is 5.78 Å². The number of carbonyl (C=O) groups excluding carboxylic acids is 1. The summed E-state index contributed by atoms with van der Waals surface area (Å²) in [5, 5.41) is 0. The Labute approximate surface area is 113 Å². The van der Waals surface area contributed by atoms with E-state index in [2.05, 4.69) is 31.9 Å². The van der Waals surface area contributed by atoms with E-state index in [9.17, 15) is 4.79 Å². The Balaban J connectivity index is 2.32. The maximum atomic E-state index is 12.3. The minimum Gasteiger partial charge on any atom is -0.294 e. The van der Waals surface area contributed by atoms with Crippen LogP contribution < -0.4 is 0 Å². The largest absolute Gasteiger partial charge is 0.294 e. The lowest BCUT2D eigenvalue weighted by molar-refractivity contribution is 0.0922. The van der Waals surface area contributed by atoms with Gasteiger partial charge >= 0.3 is 0 Å². The van der Waals surface area contributed by atoms with Crippen LogP contribution in [0.1, 0.15) is 41.6 Å². The monoisotopic (exact) mass is 344 g/mol. The van der Waals surface area contributed by atoms with Crippen molar-refractivity contribution in [2.45, 2.75) is 32.6 Å². The highest BCUT2D eigenvalue weighted by Crippen LogP contribution is 2.32. The molecule has 1 saturated carbocycles. The van der Waals surface area contributed by atoms with Gasteiger partial charge in [0.2, 0.25) is 0 Å². The fourth-order valence-corrected chi connectivity index (χ4v) is 3.24. The van der Waals surface area contributed by atoms with E-state index in [1.807, 2.05) is 19.1 Å².